The minimum atomic E-state index is -0.0492. The molecule has 3 fully saturated rings. The van der Waals surface area contributed by atoms with Crippen molar-refractivity contribution in [2.45, 2.75) is 31.8 Å². The van der Waals surface area contributed by atoms with Gasteiger partial charge in [-0.1, -0.05) is 0 Å². The van der Waals surface area contributed by atoms with E-state index in [1.165, 1.54) is 0 Å². The van der Waals surface area contributed by atoms with Gasteiger partial charge in [0.05, 0.1) is 0 Å². The number of nitrogens with zero attached hydrogens (tertiary/aromatic N) is 2. The van der Waals surface area contributed by atoms with Crippen LogP contribution in [0.2, 0.25) is 0 Å². The molecule has 0 unspecified atom stereocenters. The van der Waals surface area contributed by atoms with E-state index in [-0.39, 0.29) is 23.7 Å². The fourth-order valence-corrected chi connectivity index (χ4v) is 4.01. The fourth-order valence-electron chi connectivity index (χ4n) is 4.01. The number of hydrogen-bond donors (Lipinski definition) is 1. The van der Waals surface area contributed by atoms with E-state index in [9.17, 15) is 4.79 Å². The number of fused-ring (bicyclic) bond motifs is 3. The van der Waals surface area contributed by atoms with Gasteiger partial charge < -0.3 is 14.5 Å². The van der Waals surface area contributed by atoms with Crippen molar-refractivity contribution < 1.29 is 13.9 Å². The maximum Gasteiger partial charge on any atom is 0.291 e. The number of furan rings is 1. The minimum Gasteiger partial charge on any atom is -0.426 e. The normalized spacial score (nSPS) is 26.9. The molecule has 2 bridgehead atoms. The van der Waals surface area contributed by atoms with Gasteiger partial charge in [0.2, 0.25) is 5.76 Å². The first kappa shape index (κ1) is 16.7. The number of carbonyl (C=O) groups excluding carboxylic acids is 1. The summed E-state index contributed by atoms with van der Waals surface area (Å²) in [5, 5.41) is 12.0. The molecule has 5 rings (SSSR count). The molecular weight excluding hydrogens is 330 g/mol. The summed E-state index contributed by atoms with van der Waals surface area (Å²) in [6.45, 7) is 4.49. The monoisotopic (exact) mass is 351 g/mol. The van der Waals surface area contributed by atoms with Crippen molar-refractivity contribution in [3.8, 4) is 17.8 Å². The van der Waals surface area contributed by atoms with Crippen LogP contribution in [0.25, 0.3) is 0 Å². The highest BCUT2D eigenvalue weighted by molar-refractivity contribution is 5.94. The van der Waals surface area contributed by atoms with Gasteiger partial charge in [-0.25, -0.2) is 0 Å². The maximum absolute atomic E-state index is 12.6. The number of amides is 1. The summed E-state index contributed by atoms with van der Waals surface area (Å²) in [7, 11) is 0. The Balaban J connectivity index is 1.40. The van der Waals surface area contributed by atoms with Crippen molar-refractivity contribution >= 4 is 5.91 Å². The van der Waals surface area contributed by atoms with Crippen LogP contribution >= 0.6 is 0 Å². The smallest absolute Gasteiger partial charge is 0.291 e. The van der Waals surface area contributed by atoms with Gasteiger partial charge in [0.1, 0.15) is 11.8 Å². The third-order valence-corrected chi connectivity index (χ3v) is 5.50. The van der Waals surface area contributed by atoms with Crippen LogP contribution in [0.15, 0.2) is 40.8 Å². The molecule has 0 radical (unpaired) electrons. The molecule has 1 aromatic carbocycles. The lowest BCUT2D eigenvalue weighted by molar-refractivity contribution is 0.0217. The van der Waals surface area contributed by atoms with E-state index in [2.05, 4.69) is 17.1 Å². The van der Waals surface area contributed by atoms with Gasteiger partial charge in [0.25, 0.3) is 11.9 Å². The van der Waals surface area contributed by atoms with E-state index in [1.807, 2.05) is 6.07 Å². The third-order valence-electron chi connectivity index (χ3n) is 5.50. The fraction of sp³-hybridized carbons (Fsp3) is 0.400. The van der Waals surface area contributed by atoms with Crippen molar-refractivity contribution in [2.24, 2.45) is 5.92 Å². The van der Waals surface area contributed by atoms with Gasteiger partial charge in [-0.05, 0) is 69.1 Å². The standard InChI is InChI=1S/C20H21N3O3/c1-13-19(14-8-10-23(13)11-9-14)22-20(24)15-2-4-16(5-3-15)25-18-7-6-17(12-21)26-18/h2-7,13-14,19H,8-11H2,1H3,(H,22,24)/t13-,19-/m0/s1. The molecule has 0 aliphatic carbocycles. The Labute approximate surface area is 152 Å². The minimum absolute atomic E-state index is 0.0492. The number of piperidine rings is 3. The molecule has 3 aliphatic heterocycles. The Kier molecular flexibility index (Phi) is 4.39. The number of rotatable bonds is 4. The zero-order valence-electron chi connectivity index (χ0n) is 14.6. The number of ether oxygens (including phenoxy) is 1. The van der Waals surface area contributed by atoms with Crippen LogP contribution in [-0.2, 0) is 0 Å². The summed E-state index contributed by atoms with van der Waals surface area (Å²) in [5.41, 5.74) is 0.609. The SMILES string of the molecule is C[C@H]1[C@H](NC(=O)c2ccc(Oc3ccc(C#N)o3)cc2)C2CCN1CC2. The van der Waals surface area contributed by atoms with Crippen molar-refractivity contribution in [3.05, 3.63) is 47.7 Å². The molecule has 1 amide bonds. The zero-order chi connectivity index (χ0) is 18.1. The molecule has 1 N–H and O–H groups in total. The molecule has 6 nitrogen and oxygen atoms in total. The van der Waals surface area contributed by atoms with Gasteiger partial charge in [0.15, 0.2) is 0 Å². The lowest BCUT2D eigenvalue weighted by atomic mass is 9.79. The zero-order valence-corrected chi connectivity index (χ0v) is 14.6. The number of hydrogen-bond acceptors (Lipinski definition) is 5. The predicted octanol–water partition coefficient (Wildman–Crippen LogP) is 3.16. The van der Waals surface area contributed by atoms with Gasteiger partial charge in [-0.15, -0.1) is 0 Å². The lowest BCUT2D eigenvalue weighted by Gasteiger charge is -2.49. The average molecular weight is 351 g/mol. The molecule has 2 atom stereocenters. The molecule has 4 heterocycles. The Bertz CT molecular complexity index is 827. The number of benzene rings is 1. The number of nitrogens with one attached hydrogen (secondary N) is 1. The highest BCUT2D eigenvalue weighted by atomic mass is 16.6. The highest BCUT2D eigenvalue weighted by Gasteiger charge is 2.40. The summed E-state index contributed by atoms with van der Waals surface area (Å²) < 4.78 is 10.7. The summed E-state index contributed by atoms with van der Waals surface area (Å²) in [4.78, 5) is 15.1. The van der Waals surface area contributed by atoms with E-state index in [4.69, 9.17) is 14.4 Å². The molecule has 3 saturated heterocycles. The summed E-state index contributed by atoms with van der Waals surface area (Å²) >= 11 is 0. The maximum atomic E-state index is 12.6. The van der Waals surface area contributed by atoms with E-state index in [0.717, 1.165) is 25.9 Å². The van der Waals surface area contributed by atoms with Crippen LogP contribution in [0.5, 0.6) is 11.7 Å². The van der Waals surface area contributed by atoms with E-state index < -0.39 is 0 Å². The first-order valence-corrected chi connectivity index (χ1v) is 8.97. The number of carbonyl (C=O) groups is 1. The third kappa shape index (κ3) is 3.18. The largest absolute Gasteiger partial charge is 0.426 e. The second-order valence-corrected chi connectivity index (χ2v) is 6.97. The van der Waals surface area contributed by atoms with Gasteiger partial charge in [-0.3, -0.25) is 9.69 Å². The molecule has 3 aliphatic rings. The van der Waals surface area contributed by atoms with Gasteiger partial charge in [-0.2, -0.15) is 5.26 Å². The molecule has 1 aromatic heterocycles. The summed E-state index contributed by atoms with van der Waals surface area (Å²) in [6, 6.07) is 12.6. The Morgan fingerprint density at radius 2 is 1.96 bits per heavy atom. The second kappa shape index (κ2) is 6.85. The molecule has 6 heteroatoms. The molecular formula is C20H21N3O3. The molecule has 26 heavy (non-hydrogen) atoms. The molecule has 0 saturated carbocycles. The lowest BCUT2D eigenvalue weighted by Crippen LogP contribution is -2.62. The van der Waals surface area contributed by atoms with Crippen molar-refractivity contribution in [2.75, 3.05) is 13.1 Å². The quantitative estimate of drug-likeness (QED) is 0.915. The van der Waals surface area contributed by atoms with Gasteiger partial charge >= 0.3 is 0 Å². The second-order valence-electron chi connectivity index (χ2n) is 6.97. The Morgan fingerprint density at radius 3 is 2.58 bits per heavy atom. The summed E-state index contributed by atoms with van der Waals surface area (Å²) in [6.07, 6.45) is 2.33. The predicted molar refractivity (Wildman–Crippen MR) is 95.0 cm³/mol. The molecule has 134 valence electrons. The Hall–Kier alpha value is -2.78. The molecule has 0 spiro atoms. The van der Waals surface area contributed by atoms with Crippen molar-refractivity contribution in [1.82, 2.24) is 10.2 Å². The first-order valence-electron chi connectivity index (χ1n) is 8.97. The molecule has 2 aromatic rings. The van der Waals surface area contributed by atoms with Crippen molar-refractivity contribution in [3.63, 3.8) is 0 Å². The van der Waals surface area contributed by atoms with E-state index >= 15 is 0 Å². The topological polar surface area (TPSA) is 78.5 Å². The van der Waals surface area contributed by atoms with Crippen LogP contribution in [0.4, 0.5) is 0 Å². The van der Waals surface area contributed by atoms with Crippen LogP contribution in [0.3, 0.4) is 0 Å². The van der Waals surface area contributed by atoms with Crippen LogP contribution < -0.4 is 10.1 Å². The van der Waals surface area contributed by atoms with E-state index in [0.29, 0.717) is 23.3 Å². The Morgan fingerprint density at radius 1 is 1.23 bits per heavy atom. The van der Waals surface area contributed by atoms with Crippen LogP contribution in [0, 0.1) is 17.2 Å². The van der Waals surface area contributed by atoms with E-state index in [1.54, 1.807) is 36.4 Å². The highest BCUT2D eigenvalue weighted by Crippen LogP contribution is 2.32. The average Bonchev–Trinajstić information content (AvgIpc) is 3.13. The van der Waals surface area contributed by atoms with Crippen LogP contribution in [-0.4, -0.2) is 36.0 Å². The summed E-state index contributed by atoms with van der Waals surface area (Å²) in [5.74, 6) is 1.53. The first-order chi connectivity index (χ1) is 12.6. The van der Waals surface area contributed by atoms with Crippen LogP contribution in [0.1, 0.15) is 35.9 Å². The number of nitriles is 1. The van der Waals surface area contributed by atoms with Gasteiger partial charge in [0, 0.05) is 23.7 Å². The van der Waals surface area contributed by atoms with Crippen molar-refractivity contribution in [1.29, 1.82) is 5.26 Å².